The van der Waals surface area contributed by atoms with Gasteiger partial charge in [0.15, 0.2) is 0 Å². The normalized spacial score (nSPS) is 11.1. The van der Waals surface area contributed by atoms with Crippen molar-refractivity contribution in [3.05, 3.63) is 70.2 Å². The summed E-state index contributed by atoms with van der Waals surface area (Å²) in [5.74, 6) is -0.0823. The Hall–Kier alpha value is -3.64. The van der Waals surface area contributed by atoms with E-state index in [-0.39, 0.29) is 16.5 Å². The van der Waals surface area contributed by atoms with Crippen LogP contribution >= 0.6 is 0 Å². The lowest BCUT2D eigenvalue weighted by Gasteiger charge is -2.12. The number of sulfonamides is 1. The topological polar surface area (TPSA) is 152 Å². The number of hydrogen-bond donors (Lipinski definition) is 3. The number of aromatic nitrogens is 3. The summed E-state index contributed by atoms with van der Waals surface area (Å²) >= 11 is 0. The van der Waals surface area contributed by atoms with Crippen LogP contribution in [-0.4, -0.2) is 28.3 Å². The first kappa shape index (κ1) is 20.1. The number of benzene rings is 1. The zero-order valence-corrected chi connectivity index (χ0v) is 16.3. The van der Waals surface area contributed by atoms with E-state index in [1.54, 1.807) is 31.2 Å². The molecule has 11 nitrogen and oxygen atoms in total. The SMILES string of the molecule is Cc1ccc(S(=O)(=O)NNc2ncnc(Nc3ncccc3C)c2[N+](=O)[O-])cc1. The zero-order valence-electron chi connectivity index (χ0n) is 15.4. The lowest BCUT2D eigenvalue weighted by atomic mass is 10.2. The van der Waals surface area contributed by atoms with Crippen molar-refractivity contribution in [2.24, 2.45) is 0 Å². The Morgan fingerprint density at radius 2 is 1.66 bits per heavy atom. The van der Waals surface area contributed by atoms with Crippen LogP contribution in [0.4, 0.5) is 23.1 Å². The van der Waals surface area contributed by atoms with E-state index < -0.39 is 20.6 Å². The van der Waals surface area contributed by atoms with E-state index in [1.807, 2.05) is 6.92 Å². The Bertz CT molecular complexity index is 1150. The van der Waals surface area contributed by atoms with Crippen molar-refractivity contribution in [3.8, 4) is 0 Å². The van der Waals surface area contributed by atoms with Crippen molar-refractivity contribution >= 4 is 33.2 Å². The highest BCUT2D eigenvalue weighted by Crippen LogP contribution is 2.31. The number of nitrogens with zero attached hydrogens (tertiary/aromatic N) is 4. The molecule has 3 N–H and O–H groups in total. The average Bonchev–Trinajstić information content (AvgIpc) is 2.68. The van der Waals surface area contributed by atoms with Crippen LogP contribution in [0.1, 0.15) is 11.1 Å². The van der Waals surface area contributed by atoms with E-state index in [2.05, 4.69) is 30.5 Å². The first-order valence-corrected chi connectivity index (χ1v) is 9.79. The molecule has 29 heavy (non-hydrogen) atoms. The first-order chi connectivity index (χ1) is 13.8. The number of hydrazine groups is 1. The number of nitrogens with one attached hydrogen (secondary N) is 3. The molecule has 150 valence electrons. The van der Waals surface area contributed by atoms with Gasteiger partial charge in [0, 0.05) is 6.20 Å². The van der Waals surface area contributed by atoms with Gasteiger partial charge < -0.3 is 5.32 Å². The first-order valence-electron chi connectivity index (χ1n) is 8.30. The summed E-state index contributed by atoms with van der Waals surface area (Å²) in [4.78, 5) is 24.7. The van der Waals surface area contributed by atoms with Gasteiger partial charge in [-0.3, -0.25) is 15.5 Å². The monoisotopic (exact) mass is 415 g/mol. The Kier molecular flexibility index (Phi) is 5.66. The van der Waals surface area contributed by atoms with Crippen LogP contribution in [0.2, 0.25) is 0 Å². The molecule has 2 aromatic heterocycles. The van der Waals surface area contributed by atoms with Gasteiger partial charge in [0.2, 0.25) is 11.6 Å². The zero-order chi connectivity index (χ0) is 21.0. The summed E-state index contributed by atoms with van der Waals surface area (Å²) in [6, 6.07) is 9.62. The lowest BCUT2D eigenvalue weighted by Crippen LogP contribution is -2.30. The predicted octanol–water partition coefficient (Wildman–Crippen LogP) is 2.45. The van der Waals surface area contributed by atoms with Crippen LogP contribution in [0.25, 0.3) is 0 Å². The molecule has 2 heterocycles. The fourth-order valence-corrected chi connectivity index (χ4v) is 3.20. The van der Waals surface area contributed by atoms with E-state index in [0.29, 0.717) is 5.82 Å². The van der Waals surface area contributed by atoms with Gasteiger partial charge in [0.05, 0.1) is 9.82 Å². The number of nitro groups is 1. The molecule has 12 heteroatoms. The van der Waals surface area contributed by atoms with Crippen molar-refractivity contribution in [2.75, 3.05) is 10.7 Å². The van der Waals surface area contributed by atoms with E-state index >= 15 is 0 Å². The summed E-state index contributed by atoms with van der Waals surface area (Å²) in [6.45, 7) is 3.60. The number of pyridine rings is 1. The number of anilines is 3. The molecule has 0 saturated carbocycles. The van der Waals surface area contributed by atoms with E-state index in [9.17, 15) is 18.5 Å². The van der Waals surface area contributed by atoms with Crippen LogP contribution in [0.5, 0.6) is 0 Å². The van der Waals surface area contributed by atoms with Gasteiger partial charge in [-0.05, 0) is 37.6 Å². The van der Waals surface area contributed by atoms with Gasteiger partial charge in [-0.15, -0.1) is 4.83 Å². The van der Waals surface area contributed by atoms with Gasteiger partial charge in [0.25, 0.3) is 10.0 Å². The summed E-state index contributed by atoms with van der Waals surface area (Å²) in [5, 5.41) is 14.4. The van der Waals surface area contributed by atoms with Gasteiger partial charge in [-0.1, -0.05) is 23.8 Å². The second-order valence-electron chi connectivity index (χ2n) is 6.01. The highest BCUT2D eigenvalue weighted by atomic mass is 32.2. The minimum Gasteiger partial charge on any atom is -0.319 e. The highest BCUT2D eigenvalue weighted by molar-refractivity contribution is 7.89. The third-order valence-electron chi connectivity index (χ3n) is 3.89. The van der Waals surface area contributed by atoms with Crippen molar-refractivity contribution in [2.45, 2.75) is 18.7 Å². The molecule has 0 aliphatic heterocycles. The lowest BCUT2D eigenvalue weighted by molar-refractivity contribution is -0.383. The second kappa shape index (κ2) is 8.16. The van der Waals surface area contributed by atoms with Crippen molar-refractivity contribution in [1.29, 1.82) is 0 Å². The highest BCUT2D eigenvalue weighted by Gasteiger charge is 2.25. The van der Waals surface area contributed by atoms with Gasteiger partial charge >= 0.3 is 5.69 Å². The summed E-state index contributed by atoms with van der Waals surface area (Å²) < 4.78 is 24.8. The molecular formula is C17H17N7O4S. The van der Waals surface area contributed by atoms with Crippen LogP contribution in [0, 0.1) is 24.0 Å². The van der Waals surface area contributed by atoms with Gasteiger partial charge in [-0.2, -0.15) is 0 Å². The molecule has 0 aliphatic rings. The molecule has 0 aliphatic carbocycles. The van der Waals surface area contributed by atoms with Crippen LogP contribution in [0.3, 0.4) is 0 Å². The molecule has 0 saturated heterocycles. The minimum absolute atomic E-state index is 0.00484. The average molecular weight is 415 g/mol. The summed E-state index contributed by atoms with van der Waals surface area (Å²) in [7, 11) is -3.97. The molecule has 0 fully saturated rings. The van der Waals surface area contributed by atoms with Gasteiger partial charge in [0.1, 0.15) is 12.1 Å². The minimum atomic E-state index is -3.97. The van der Waals surface area contributed by atoms with Crippen molar-refractivity contribution in [3.63, 3.8) is 0 Å². The van der Waals surface area contributed by atoms with Crippen LogP contribution in [0.15, 0.2) is 53.8 Å². The smallest absolute Gasteiger partial charge is 0.319 e. The fourth-order valence-electron chi connectivity index (χ4n) is 2.36. The maximum absolute atomic E-state index is 12.4. The largest absolute Gasteiger partial charge is 0.354 e. The van der Waals surface area contributed by atoms with E-state index in [1.165, 1.54) is 18.3 Å². The molecule has 3 aromatic rings. The van der Waals surface area contributed by atoms with Crippen molar-refractivity contribution in [1.82, 2.24) is 19.8 Å². The maximum atomic E-state index is 12.4. The molecule has 0 amide bonds. The fraction of sp³-hybridized carbons (Fsp3) is 0.118. The predicted molar refractivity (Wildman–Crippen MR) is 106 cm³/mol. The third kappa shape index (κ3) is 4.62. The Morgan fingerprint density at radius 3 is 2.31 bits per heavy atom. The molecule has 3 rings (SSSR count). The number of aryl methyl sites for hydroxylation is 2. The molecule has 0 unspecified atom stereocenters. The molecule has 0 atom stereocenters. The molecule has 0 bridgehead atoms. The molecule has 0 radical (unpaired) electrons. The van der Waals surface area contributed by atoms with Crippen molar-refractivity contribution < 1.29 is 13.3 Å². The molecule has 0 spiro atoms. The summed E-state index contributed by atoms with van der Waals surface area (Å²) in [5.41, 5.74) is 3.40. The van der Waals surface area contributed by atoms with Gasteiger partial charge in [-0.25, -0.2) is 23.4 Å². The second-order valence-corrected chi connectivity index (χ2v) is 7.70. The third-order valence-corrected chi connectivity index (χ3v) is 5.15. The van der Waals surface area contributed by atoms with Crippen LogP contribution < -0.4 is 15.6 Å². The van der Waals surface area contributed by atoms with E-state index in [0.717, 1.165) is 17.5 Å². The Labute approximate surface area is 166 Å². The number of rotatable bonds is 7. The number of hydrogen-bond acceptors (Lipinski definition) is 9. The van der Waals surface area contributed by atoms with E-state index in [4.69, 9.17) is 0 Å². The quantitative estimate of drug-likeness (QED) is 0.390. The Morgan fingerprint density at radius 1 is 0.966 bits per heavy atom. The standard InChI is InChI=1S/C17H17N7O4S/c1-11-5-7-13(8-6-11)29(27,28)23-22-17-14(24(25)26)16(19-10-20-17)21-15-12(2)4-3-9-18-15/h3-10,23H,1-2H3,(H2,18,19,20,21,22). The maximum Gasteiger partial charge on any atom is 0.354 e. The molecule has 1 aromatic carbocycles. The Balaban J connectivity index is 1.89. The molecular weight excluding hydrogens is 398 g/mol. The van der Waals surface area contributed by atoms with Crippen LogP contribution in [-0.2, 0) is 10.0 Å². The summed E-state index contributed by atoms with van der Waals surface area (Å²) in [6.07, 6.45) is 2.59.